The fourth-order valence-electron chi connectivity index (χ4n) is 3.39. The highest BCUT2D eigenvalue weighted by Crippen LogP contribution is 2.36. The number of fused-ring (bicyclic) bond motifs is 1. The molecule has 0 unspecified atom stereocenters. The summed E-state index contributed by atoms with van der Waals surface area (Å²) in [5, 5.41) is 23.1. The zero-order chi connectivity index (χ0) is 23.3. The van der Waals surface area contributed by atoms with Gasteiger partial charge in [-0.25, -0.2) is 9.59 Å². The van der Waals surface area contributed by atoms with Crippen molar-refractivity contribution < 1.29 is 29.3 Å². The molecule has 3 aromatic carbocycles. The Hall–Kier alpha value is -4.13. The third-order valence-electron chi connectivity index (χ3n) is 5.03. The minimum Gasteiger partial charge on any atom is -0.507 e. The van der Waals surface area contributed by atoms with E-state index in [1.165, 1.54) is 19.1 Å². The van der Waals surface area contributed by atoms with E-state index < -0.39 is 24.1 Å². The third-order valence-corrected chi connectivity index (χ3v) is 5.03. The molecule has 0 aliphatic rings. The topological polar surface area (TPSA) is 113 Å². The Balaban J connectivity index is 1.92. The predicted molar refractivity (Wildman–Crippen MR) is 121 cm³/mol. The molecule has 7 heteroatoms. The number of carbonyl (C=O) groups is 3. The average molecular weight is 433 g/mol. The summed E-state index contributed by atoms with van der Waals surface area (Å²) in [6.07, 6.45) is 0.886. The number of nitrogens with one attached hydrogen (secondary N) is 1. The second-order valence-electron chi connectivity index (χ2n) is 7.36. The van der Waals surface area contributed by atoms with Gasteiger partial charge in [0.1, 0.15) is 11.9 Å². The van der Waals surface area contributed by atoms with Crippen LogP contribution in [0.25, 0.3) is 10.8 Å². The van der Waals surface area contributed by atoms with Crippen molar-refractivity contribution in [2.75, 3.05) is 5.32 Å². The van der Waals surface area contributed by atoms with Gasteiger partial charge >= 0.3 is 12.1 Å². The highest BCUT2D eigenvalue weighted by molar-refractivity contribution is 5.95. The number of hydrogen-bond acceptors (Lipinski definition) is 5. The van der Waals surface area contributed by atoms with Crippen molar-refractivity contribution in [2.45, 2.75) is 20.0 Å². The summed E-state index contributed by atoms with van der Waals surface area (Å²) >= 11 is 0. The van der Waals surface area contributed by atoms with Crippen molar-refractivity contribution in [1.82, 2.24) is 0 Å². The molecular formula is C25H23NO6. The summed E-state index contributed by atoms with van der Waals surface area (Å²) in [6.45, 7) is 3.19. The molecule has 0 saturated heterocycles. The number of anilines is 1. The maximum Gasteiger partial charge on any atom is 0.412 e. The highest BCUT2D eigenvalue weighted by Gasteiger charge is 2.25. The van der Waals surface area contributed by atoms with Crippen LogP contribution in [0.1, 0.15) is 35.9 Å². The van der Waals surface area contributed by atoms with Gasteiger partial charge in [-0.2, -0.15) is 0 Å². The van der Waals surface area contributed by atoms with Crippen molar-refractivity contribution in [3.63, 3.8) is 0 Å². The van der Waals surface area contributed by atoms with Gasteiger partial charge in [-0.05, 0) is 42.6 Å². The number of hydrogen-bond donors (Lipinski definition) is 3. The van der Waals surface area contributed by atoms with Crippen LogP contribution in [0.5, 0.6) is 5.75 Å². The zero-order valence-electron chi connectivity index (χ0n) is 17.6. The van der Waals surface area contributed by atoms with Crippen molar-refractivity contribution in [1.29, 1.82) is 0 Å². The lowest BCUT2D eigenvalue weighted by atomic mass is 9.92. The number of carboxylic acid groups (broad SMARTS) is 1. The molecule has 0 saturated carbocycles. The highest BCUT2D eigenvalue weighted by atomic mass is 16.6. The Kier molecular flexibility index (Phi) is 6.90. The van der Waals surface area contributed by atoms with E-state index in [-0.39, 0.29) is 11.5 Å². The molecule has 0 spiro atoms. The van der Waals surface area contributed by atoms with E-state index in [1.807, 2.05) is 0 Å². The molecule has 3 aromatic rings. The summed E-state index contributed by atoms with van der Waals surface area (Å²) < 4.78 is 5.72. The van der Waals surface area contributed by atoms with Gasteiger partial charge in [-0.3, -0.25) is 10.1 Å². The van der Waals surface area contributed by atoms with E-state index >= 15 is 0 Å². The van der Waals surface area contributed by atoms with Gasteiger partial charge in [0.25, 0.3) is 0 Å². The SMILES string of the molecule is CC(=O)c1ccc(NC(=O)O[C@H](c2ccc(O)c3ccccc23)[C@@H](C)/C=C/C(=O)O)cc1. The minimum atomic E-state index is -1.11. The van der Waals surface area contributed by atoms with E-state index in [9.17, 15) is 19.5 Å². The summed E-state index contributed by atoms with van der Waals surface area (Å²) in [5.41, 5.74) is 1.59. The Morgan fingerprint density at radius 2 is 1.62 bits per heavy atom. The van der Waals surface area contributed by atoms with E-state index in [4.69, 9.17) is 9.84 Å². The molecular weight excluding hydrogens is 410 g/mol. The van der Waals surface area contributed by atoms with Gasteiger partial charge < -0.3 is 14.9 Å². The van der Waals surface area contributed by atoms with Crippen molar-refractivity contribution in [2.24, 2.45) is 5.92 Å². The molecule has 164 valence electrons. The Morgan fingerprint density at radius 3 is 2.25 bits per heavy atom. The number of aromatic hydroxyl groups is 1. The first-order valence-corrected chi connectivity index (χ1v) is 9.96. The lowest BCUT2D eigenvalue weighted by Gasteiger charge is -2.24. The molecule has 7 nitrogen and oxygen atoms in total. The van der Waals surface area contributed by atoms with Crippen molar-refractivity contribution in [3.8, 4) is 5.75 Å². The Morgan fingerprint density at radius 1 is 0.969 bits per heavy atom. The largest absolute Gasteiger partial charge is 0.507 e. The van der Waals surface area contributed by atoms with Gasteiger partial charge in [-0.1, -0.05) is 43.3 Å². The van der Waals surface area contributed by atoms with Crippen LogP contribution in [0.4, 0.5) is 10.5 Å². The van der Waals surface area contributed by atoms with Crippen LogP contribution in [0.15, 0.2) is 72.8 Å². The molecule has 0 aliphatic heterocycles. The summed E-state index contributed by atoms with van der Waals surface area (Å²) in [5.74, 6) is -1.59. The molecule has 0 radical (unpaired) electrons. The smallest absolute Gasteiger partial charge is 0.412 e. The number of rotatable bonds is 7. The normalized spacial score (nSPS) is 12.9. The fraction of sp³-hybridized carbons (Fsp3) is 0.160. The maximum absolute atomic E-state index is 12.7. The first-order valence-electron chi connectivity index (χ1n) is 9.96. The monoisotopic (exact) mass is 433 g/mol. The van der Waals surface area contributed by atoms with E-state index in [0.717, 1.165) is 6.08 Å². The Bertz CT molecular complexity index is 1180. The molecule has 2 atom stereocenters. The zero-order valence-corrected chi connectivity index (χ0v) is 17.6. The molecule has 3 rings (SSSR count). The van der Waals surface area contributed by atoms with E-state index in [0.29, 0.717) is 27.6 Å². The summed E-state index contributed by atoms with van der Waals surface area (Å²) in [7, 11) is 0. The number of carboxylic acids is 1. The van der Waals surface area contributed by atoms with Crippen LogP contribution >= 0.6 is 0 Å². The standard InChI is InChI=1S/C25H23NO6/c1-15(7-14-23(29)30)24(21-12-13-22(28)20-6-4-3-5-19(20)21)32-25(31)26-18-10-8-17(9-11-18)16(2)27/h3-15,24,28H,1-2H3,(H,26,31)(H,29,30)/b14-7+/t15-,24-/m0/s1. The number of ether oxygens (including phenoxy) is 1. The number of carbonyl (C=O) groups excluding carboxylic acids is 2. The molecule has 32 heavy (non-hydrogen) atoms. The molecule has 0 bridgehead atoms. The molecule has 1 amide bonds. The van der Waals surface area contributed by atoms with Crippen LogP contribution in [-0.2, 0) is 9.53 Å². The molecule has 0 fully saturated rings. The lowest BCUT2D eigenvalue weighted by Crippen LogP contribution is -2.21. The van der Waals surface area contributed by atoms with Gasteiger partial charge in [0.15, 0.2) is 5.78 Å². The van der Waals surface area contributed by atoms with Crippen LogP contribution < -0.4 is 5.32 Å². The third kappa shape index (κ3) is 5.31. The average Bonchev–Trinajstić information content (AvgIpc) is 2.77. The van der Waals surface area contributed by atoms with Crippen LogP contribution in [-0.4, -0.2) is 28.1 Å². The van der Waals surface area contributed by atoms with Crippen LogP contribution in [0.2, 0.25) is 0 Å². The quantitative estimate of drug-likeness (QED) is 0.344. The fourth-order valence-corrected chi connectivity index (χ4v) is 3.39. The van der Waals surface area contributed by atoms with Gasteiger partial charge in [0, 0.05) is 34.2 Å². The number of aliphatic carboxylic acids is 1. The summed E-state index contributed by atoms with van der Waals surface area (Å²) in [4.78, 5) is 35.1. The van der Waals surface area contributed by atoms with E-state index in [2.05, 4.69) is 5.32 Å². The second-order valence-corrected chi connectivity index (χ2v) is 7.36. The second kappa shape index (κ2) is 9.78. The molecule has 0 aromatic heterocycles. The van der Waals surface area contributed by atoms with Crippen molar-refractivity contribution in [3.05, 3.63) is 83.9 Å². The minimum absolute atomic E-state index is 0.0857. The summed E-state index contributed by atoms with van der Waals surface area (Å²) in [6, 6.07) is 16.7. The van der Waals surface area contributed by atoms with Crippen molar-refractivity contribution >= 4 is 34.3 Å². The Labute approximate surface area is 185 Å². The van der Waals surface area contributed by atoms with Crippen LogP contribution in [0.3, 0.4) is 0 Å². The maximum atomic E-state index is 12.7. The number of Topliss-reactive ketones (excluding diaryl/α,β-unsaturated/α-hetero) is 1. The molecule has 0 heterocycles. The molecule has 3 N–H and O–H groups in total. The van der Waals surface area contributed by atoms with Crippen LogP contribution in [0, 0.1) is 5.92 Å². The van der Waals surface area contributed by atoms with Gasteiger partial charge in [0.05, 0.1) is 0 Å². The van der Waals surface area contributed by atoms with Gasteiger partial charge in [0.2, 0.25) is 0 Å². The number of benzene rings is 3. The number of phenols is 1. The lowest BCUT2D eigenvalue weighted by molar-refractivity contribution is -0.131. The van der Waals surface area contributed by atoms with E-state index in [1.54, 1.807) is 61.5 Å². The first-order chi connectivity index (χ1) is 15.3. The molecule has 0 aliphatic carbocycles. The number of ketones is 1. The first kappa shape index (κ1) is 22.6. The van der Waals surface area contributed by atoms with Gasteiger partial charge in [-0.15, -0.1) is 0 Å². The number of amides is 1. The number of phenolic OH excluding ortho intramolecular Hbond substituents is 1. The predicted octanol–water partition coefficient (Wildman–Crippen LogP) is 5.31.